The van der Waals surface area contributed by atoms with E-state index in [2.05, 4.69) is 10.3 Å². The number of nitrogens with zero attached hydrogens (tertiary/aromatic N) is 2. The van der Waals surface area contributed by atoms with Crippen LogP contribution in [0.25, 0.3) is 20.8 Å². The van der Waals surface area contributed by atoms with Gasteiger partial charge in [-0.05, 0) is 42.0 Å². The fraction of sp³-hybridized carbons (Fsp3) is 0.120. The van der Waals surface area contributed by atoms with Gasteiger partial charge in [-0.1, -0.05) is 36.4 Å². The summed E-state index contributed by atoms with van der Waals surface area (Å²) in [5, 5.41) is 3.83. The summed E-state index contributed by atoms with van der Waals surface area (Å²) in [6.07, 6.45) is 0.546. The summed E-state index contributed by atoms with van der Waals surface area (Å²) in [7, 11) is 0. The first-order valence-electron chi connectivity index (χ1n) is 10.3. The minimum Gasteiger partial charge on any atom is -0.322 e. The molecule has 6 nitrogen and oxygen atoms in total. The highest BCUT2D eigenvalue weighted by molar-refractivity contribution is 7.21. The molecule has 3 aromatic carbocycles. The molecule has 3 amide bonds. The molecule has 0 atom stereocenters. The van der Waals surface area contributed by atoms with Crippen molar-refractivity contribution in [1.82, 2.24) is 9.88 Å². The Bertz CT molecular complexity index is 1300. The summed E-state index contributed by atoms with van der Waals surface area (Å²) in [6.45, 7) is 0.240. The van der Waals surface area contributed by atoms with Crippen LogP contribution in [-0.2, 0) is 16.1 Å². The molecule has 1 fully saturated rings. The Kier molecular flexibility index (Phi) is 5.25. The molecule has 0 spiro atoms. The Hall–Kier alpha value is -3.84. The van der Waals surface area contributed by atoms with Crippen LogP contribution in [0, 0.1) is 0 Å². The molecule has 1 saturated heterocycles. The normalized spacial score (nSPS) is 13.7. The SMILES string of the molecule is O=C(Nc1cccc(-c2nc3ccccc3s2)c1)c1ccc(CN2C(=O)CCC2=O)cc1. The molecule has 158 valence electrons. The van der Waals surface area contributed by atoms with Crippen LogP contribution in [-0.4, -0.2) is 27.6 Å². The number of amides is 3. The molecule has 4 aromatic rings. The molecule has 1 aliphatic heterocycles. The minimum absolute atomic E-state index is 0.148. The van der Waals surface area contributed by atoms with E-state index < -0.39 is 0 Å². The first-order valence-corrected chi connectivity index (χ1v) is 11.1. The van der Waals surface area contributed by atoms with Gasteiger partial charge in [-0.25, -0.2) is 4.98 Å². The number of carbonyl (C=O) groups is 3. The van der Waals surface area contributed by atoms with E-state index in [1.165, 1.54) is 4.90 Å². The largest absolute Gasteiger partial charge is 0.322 e. The van der Waals surface area contributed by atoms with Gasteiger partial charge in [0.2, 0.25) is 11.8 Å². The van der Waals surface area contributed by atoms with Crippen LogP contribution in [0.15, 0.2) is 72.8 Å². The highest BCUT2D eigenvalue weighted by atomic mass is 32.1. The third-order valence-corrected chi connectivity index (χ3v) is 6.46. The van der Waals surface area contributed by atoms with Crippen LogP contribution in [0.1, 0.15) is 28.8 Å². The highest BCUT2D eigenvalue weighted by Gasteiger charge is 2.28. The van der Waals surface area contributed by atoms with Gasteiger partial charge in [-0.15, -0.1) is 11.3 Å². The average molecular weight is 442 g/mol. The molecule has 32 heavy (non-hydrogen) atoms. The molecule has 0 unspecified atom stereocenters. The molecule has 1 aromatic heterocycles. The molecule has 7 heteroatoms. The number of rotatable bonds is 5. The molecular weight excluding hydrogens is 422 g/mol. The van der Waals surface area contributed by atoms with Gasteiger partial charge in [-0.3, -0.25) is 19.3 Å². The van der Waals surface area contributed by atoms with Crippen molar-refractivity contribution in [2.45, 2.75) is 19.4 Å². The van der Waals surface area contributed by atoms with E-state index in [4.69, 9.17) is 0 Å². The summed E-state index contributed by atoms with van der Waals surface area (Å²) >= 11 is 1.61. The second-order valence-electron chi connectivity index (χ2n) is 7.59. The van der Waals surface area contributed by atoms with Crippen molar-refractivity contribution in [2.75, 3.05) is 5.32 Å². The molecular formula is C25H19N3O3S. The van der Waals surface area contributed by atoms with Crippen molar-refractivity contribution in [3.05, 3.63) is 83.9 Å². The topological polar surface area (TPSA) is 79.4 Å². The maximum atomic E-state index is 12.7. The van der Waals surface area contributed by atoms with Gasteiger partial charge < -0.3 is 5.32 Å². The van der Waals surface area contributed by atoms with Gasteiger partial charge in [0.1, 0.15) is 5.01 Å². The second-order valence-corrected chi connectivity index (χ2v) is 8.62. The lowest BCUT2D eigenvalue weighted by molar-refractivity contribution is -0.139. The molecule has 5 rings (SSSR count). The van der Waals surface area contributed by atoms with E-state index in [-0.39, 0.29) is 37.1 Å². The standard InChI is InChI=1S/C25H19N3O3S/c29-22-12-13-23(30)28(22)15-16-8-10-17(11-9-16)24(31)26-19-5-3-4-18(14-19)25-27-20-6-1-2-7-21(20)32-25/h1-11,14H,12-13,15H2,(H,26,31). The molecule has 1 N–H and O–H groups in total. The number of thiazole rings is 1. The van der Waals surface area contributed by atoms with E-state index in [0.717, 1.165) is 26.4 Å². The van der Waals surface area contributed by atoms with Crippen LogP contribution in [0.2, 0.25) is 0 Å². The summed E-state index contributed by atoms with van der Waals surface area (Å²) in [6, 6.07) is 22.6. The van der Waals surface area contributed by atoms with Crippen molar-refractivity contribution in [1.29, 1.82) is 0 Å². The Balaban J connectivity index is 1.29. The number of carbonyl (C=O) groups excluding carboxylic acids is 3. The van der Waals surface area contributed by atoms with E-state index in [1.807, 2.05) is 48.5 Å². The first-order chi connectivity index (χ1) is 15.6. The predicted molar refractivity (Wildman–Crippen MR) is 124 cm³/mol. The quantitative estimate of drug-likeness (QED) is 0.449. The fourth-order valence-electron chi connectivity index (χ4n) is 3.67. The zero-order valence-electron chi connectivity index (χ0n) is 17.1. The number of hydrogen-bond acceptors (Lipinski definition) is 5. The Labute approximate surface area is 188 Å². The molecule has 1 aliphatic rings. The van der Waals surface area contributed by atoms with Gasteiger partial charge >= 0.3 is 0 Å². The van der Waals surface area contributed by atoms with Crippen molar-refractivity contribution in [2.24, 2.45) is 0 Å². The van der Waals surface area contributed by atoms with Gasteiger partial charge in [-0.2, -0.15) is 0 Å². The molecule has 0 saturated carbocycles. The number of fused-ring (bicyclic) bond motifs is 1. The lowest BCUT2D eigenvalue weighted by Crippen LogP contribution is -2.28. The summed E-state index contributed by atoms with van der Waals surface area (Å²) < 4.78 is 1.12. The van der Waals surface area contributed by atoms with Crippen molar-refractivity contribution in [3.8, 4) is 10.6 Å². The first kappa shape index (κ1) is 20.1. The summed E-state index contributed by atoms with van der Waals surface area (Å²) in [4.78, 5) is 42.2. The van der Waals surface area contributed by atoms with Crippen LogP contribution in [0.3, 0.4) is 0 Å². The van der Waals surface area contributed by atoms with Crippen molar-refractivity contribution >= 4 is 45.0 Å². The summed E-state index contributed by atoms with van der Waals surface area (Å²) in [5.74, 6) is -0.527. The van der Waals surface area contributed by atoms with E-state index in [9.17, 15) is 14.4 Å². The van der Waals surface area contributed by atoms with Gasteiger partial charge in [0.15, 0.2) is 0 Å². The lowest BCUT2D eigenvalue weighted by Gasteiger charge is -2.14. The molecule has 0 radical (unpaired) electrons. The zero-order valence-corrected chi connectivity index (χ0v) is 17.9. The number of likely N-dealkylation sites (tertiary alicyclic amines) is 1. The third-order valence-electron chi connectivity index (χ3n) is 5.37. The average Bonchev–Trinajstić information content (AvgIpc) is 3.38. The number of imide groups is 1. The van der Waals surface area contributed by atoms with E-state index in [1.54, 1.807) is 35.6 Å². The van der Waals surface area contributed by atoms with Crippen molar-refractivity contribution < 1.29 is 14.4 Å². The number of hydrogen-bond donors (Lipinski definition) is 1. The smallest absolute Gasteiger partial charge is 0.255 e. The van der Waals surface area contributed by atoms with Crippen LogP contribution >= 0.6 is 11.3 Å². The van der Waals surface area contributed by atoms with Crippen molar-refractivity contribution in [3.63, 3.8) is 0 Å². The lowest BCUT2D eigenvalue weighted by atomic mass is 10.1. The molecule has 2 heterocycles. The molecule has 0 aliphatic carbocycles. The van der Waals surface area contributed by atoms with Crippen LogP contribution in [0.4, 0.5) is 5.69 Å². The van der Waals surface area contributed by atoms with Crippen LogP contribution in [0.5, 0.6) is 0 Å². The van der Waals surface area contributed by atoms with E-state index in [0.29, 0.717) is 11.3 Å². The zero-order chi connectivity index (χ0) is 22.1. The predicted octanol–water partition coefficient (Wildman–Crippen LogP) is 4.86. The maximum Gasteiger partial charge on any atom is 0.255 e. The minimum atomic E-state index is -0.230. The Morgan fingerprint density at radius 3 is 2.44 bits per heavy atom. The Morgan fingerprint density at radius 2 is 1.69 bits per heavy atom. The number of nitrogens with one attached hydrogen (secondary N) is 1. The Morgan fingerprint density at radius 1 is 0.938 bits per heavy atom. The highest BCUT2D eigenvalue weighted by Crippen LogP contribution is 2.31. The molecule has 0 bridgehead atoms. The summed E-state index contributed by atoms with van der Waals surface area (Å²) in [5.41, 5.74) is 3.89. The van der Waals surface area contributed by atoms with Gasteiger partial charge in [0.05, 0.1) is 16.8 Å². The number of anilines is 1. The fourth-order valence-corrected chi connectivity index (χ4v) is 4.63. The third kappa shape index (κ3) is 4.02. The van der Waals surface area contributed by atoms with Crippen LogP contribution < -0.4 is 5.32 Å². The number of aromatic nitrogens is 1. The van der Waals surface area contributed by atoms with E-state index >= 15 is 0 Å². The number of para-hydroxylation sites is 1. The number of benzene rings is 3. The second kappa shape index (κ2) is 8.36. The van der Waals surface area contributed by atoms with Gasteiger partial charge in [0.25, 0.3) is 5.91 Å². The van der Waals surface area contributed by atoms with Gasteiger partial charge in [0, 0.05) is 29.7 Å². The monoisotopic (exact) mass is 441 g/mol. The maximum absolute atomic E-state index is 12.7.